The third-order valence-corrected chi connectivity index (χ3v) is 4.53. The van der Waals surface area contributed by atoms with Gasteiger partial charge in [0, 0.05) is 19.2 Å². The molecule has 134 valence electrons. The third kappa shape index (κ3) is 3.79. The van der Waals surface area contributed by atoms with Crippen LogP contribution in [0, 0.1) is 5.82 Å². The molecule has 0 saturated carbocycles. The highest BCUT2D eigenvalue weighted by Gasteiger charge is 2.46. The minimum absolute atomic E-state index is 0.0576. The Bertz CT molecular complexity index is 711. The molecule has 1 aromatic carbocycles. The summed E-state index contributed by atoms with van der Waals surface area (Å²) in [6.07, 6.45) is 0.581. The molecule has 2 aliphatic rings. The summed E-state index contributed by atoms with van der Waals surface area (Å²) in [5, 5.41) is 2.48. The maximum atomic E-state index is 13.5. The van der Waals surface area contributed by atoms with Gasteiger partial charge in [-0.3, -0.25) is 14.4 Å². The van der Waals surface area contributed by atoms with Gasteiger partial charge in [-0.25, -0.2) is 4.39 Å². The first-order chi connectivity index (χ1) is 11.9. The molecule has 2 heterocycles. The summed E-state index contributed by atoms with van der Waals surface area (Å²) in [5.74, 6) is -1.10. The Morgan fingerprint density at radius 2 is 2.16 bits per heavy atom. The molecule has 2 aliphatic heterocycles. The number of anilines is 1. The lowest BCUT2D eigenvalue weighted by molar-refractivity contribution is -0.139. The van der Waals surface area contributed by atoms with E-state index >= 15 is 0 Å². The lowest BCUT2D eigenvalue weighted by Crippen LogP contribution is -2.56. The van der Waals surface area contributed by atoms with E-state index in [1.54, 1.807) is 17.0 Å². The molecular formula is C17H20FN3O4. The molecule has 7 nitrogen and oxygen atoms in total. The van der Waals surface area contributed by atoms with E-state index < -0.39 is 11.4 Å². The lowest BCUT2D eigenvalue weighted by Gasteiger charge is -2.40. The summed E-state index contributed by atoms with van der Waals surface area (Å²) >= 11 is 0. The Kier molecular flexibility index (Phi) is 4.71. The van der Waals surface area contributed by atoms with E-state index in [-0.39, 0.29) is 37.4 Å². The number of nitrogens with zero attached hydrogens (tertiary/aromatic N) is 2. The first-order valence-corrected chi connectivity index (χ1v) is 8.11. The molecule has 0 aliphatic carbocycles. The van der Waals surface area contributed by atoms with Gasteiger partial charge in [0.1, 0.15) is 18.0 Å². The zero-order valence-electron chi connectivity index (χ0n) is 14.0. The van der Waals surface area contributed by atoms with E-state index in [2.05, 4.69) is 5.32 Å². The number of morpholine rings is 1. The number of likely N-dealkylation sites (tertiary alicyclic amines) is 1. The Morgan fingerprint density at radius 1 is 1.36 bits per heavy atom. The predicted molar refractivity (Wildman–Crippen MR) is 87.3 cm³/mol. The fraction of sp³-hybridized carbons (Fsp3) is 0.471. The molecule has 1 atom stereocenters. The number of hydrogen-bond donors (Lipinski definition) is 1. The molecular weight excluding hydrogens is 329 g/mol. The zero-order chi connectivity index (χ0) is 18.0. The molecule has 3 amide bonds. The van der Waals surface area contributed by atoms with Crippen molar-refractivity contribution in [1.29, 1.82) is 0 Å². The highest BCUT2D eigenvalue weighted by molar-refractivity contribution is 5.95. The standard InChI is InChI=1S/C17H20FN3O4/c1-12(22)19-8-15(23)20-6-5-17(10-20)11-21(16(24)9-25-17)14-4-2-3-13(18)7-14/h2-4,7H,5-6,8-11H2,1H3,(H,19,22). The van der Waals surface area contributed by atoms with Gasteiger partial charge >= 0.3 is 0 Å². The predicted octanol–water partition coefficient (Wildman–Crippen LogP) is 0.296. The van der Waals surface area contributed by atoms with Gasteiger partial charge in [0.15, 0.2) is 0 Å². The molecule has 25 heavy (non-hydrogen) atoms. The van der Waals surface area contributed by atoms with E-state index in [0.29, 0.717) is 25.2 Å². The maximum Gasteiger partial charge on any atom is 0.253 e. The van der Waals surface area contributed by atoms with Crippen molar-refractivity contribution in [2.24, 2.45) is 0 Å². The van der Waals surface area contributed by atoms with Crippen molar-refractivity contribution in [2.75, 3.05) is 37.7 Å². The first-order valence-electron chi connectivity index (χ1n) is 8.11. The summed E-state index contributed by atoms with van der Waals surface area (Å²) < 4.78 is 19.2. The normalized spacial score (nSPS) is 23.2. The average molecular weight is 349 g/mol. The van der Waals surface area contributed by atoms with E-state index in [1.807, 2.05) is 0 Å². The van der Waals surface area contributed by atoms with Crippen LogP contribution in [0.15, 0.2) is 24.3 Å². The van der Waals surface area contributed by atoms with Gasteiger partial charge in [0.05, 0.1) is 19.6 Å². The average Bonchev–Trinajstić information content (AvgIpc) is 2.99. The molecule has 1 unspecified atom stereocenters. The molecule has 0 bridgehead atoms. The third-order valence-electron chi connectivity index (χ3n) is 4.53. The highest BCUT2D eigenvalue weighted by atomic mass is 19.1. The van der Waals surface area contributed by atoms with E-state index in [9.17, 15) is 18.8 Å². The van der Waals surface area contributed by atoms with Crippen LogP contribution in [0.25, 0.3) is 0 Å². The number of carbonyl (C=O) groups excluding carboxylic acids is 3. The van der Waals surface area contributed by atoms with Crippen molar-refractivity contribution < 1.29 is 23.5 Å². The second-order valence-electron chi connectivity index (χ2n) is 6.41. The van der Waals surface area contributed by atoms with Crippen LogP contribution in [0.1, 0.15) is 13.3 Å². The summed E-state index contributed by atoms with van der Waals surface area (Å²) in [7, 11) is 0. The van der Waals surface area contributed by atoms with Gasteiger partial charge in [-0.15, -0.1) is 0 Å². The number of amides is 3. The number of carbonyl (C=O) groups is 3. The van der Waals surface area contributed by atoms with Gasteiger partial charge in [-0.1, -0.05) is 6.07 Å². The van der Waals surface area contributed by atoms with Crippen molar-refractivity contribution in [3.8, 4) is 0 Å². The second-order valence-corrected chi connectivity index (χ2v) is 6.41. The number of rotatable bonds is 3. The number of hydrogen-bond acceptors (Lipinski definition) is 4. The molecule has 2 fully saturated rings. The van der Waals surface area contributed by atoms with Crippen LogP contribution in [0.5, 0.6) is 0 Å². The topological polar surface area (TPSA) is 79.0 Å². The smallest absolute Gasteiger partial charge is 0.253 e. The highest BCUT2D eigenvalue weighted by Crippen LogP contribution is 2.32. The van der Waals surface area contributed by atoms with E-state index in [0.717, 1.165) is 0 Å². The largest absolute Gasteiger partial charge is 0.361 e. The lowest BCUT2D eigenvalue weighted by atomic mass is 10.00. The molecule has 3 rings (SSSR count). The maximum absolute atomic E-state index is 13.5. The number of nitrogens with one attached hydrogen (secondary N) is 1. The minimum atomic E-state index is -0.661. The SMILES string of the molecule is CC(=O)NCC(=O)N1CCC2(C1)CN(c1cccc(F)c1)C(=O)CO2. The molecule has 1 N–H and O–H groups in total. The van der Waals surface area contributed by atoms with Crippen LogP contribution < -0.4 is 10.2 Å². The first kappa shape index (κ1) is 17.3. The van der Waals surface area contributed by atoms with Crippen LogP contribution in [-0.2, 0) is 19.1 Å². The fourth-order valence-corrected chi connectivity index (χ4v) is 3.21. The summed E-state index contributed by atoms with van der Waals surface area (Å²) in [4.78, 5) is 38.4. The van der Waals surface area contributed by atoms with Crippen molar-refractivity contribution in [3.05, 3.63) is 30.1 Å². The quantitative estimate of drug-likeness (QED) is 0.851. The van der Waals surface area contributed by atoms with Gasteiger partial charge in [-0.05, 0) is 24.6 Å². The molecule has 8 heteroatoms. The molecule has 0 radical (unpaired) electrons. The van der Waals surface area contributed by atoms with Crippen LogP contribution in [0.4, 0.5) is 10.1 Å². The van der Waals surface area contributed by atoms with Crippen LogP contribution >= 0.6 is 0 Å². The minimum Gasteiger partial charge on any atom is -0.361 e. The van der Waals surface area contributed by atoms with Crippen molar-refractivity contribution >= 4 is 23.4 Å². The van der Waals surface area contributed by atoms with E-state index in [1.165, 1.54) is 24.0 Å². The number of ether oxygens (including phenoxy) is 1. The fourth-order valence-electron chi connectivity index (χ4n) is 3.21. The Hall–Kier alpha value is -2.48. The molecule has 1 aromatic rings. The number of benzene rings is 1. The summed E-state index contributed by atoms with van der Waals surface area (Å²) in [6, 6.07) is 5.86. The zero-order valence-corrected chi connectivity index (χ0v) is 14.0. The monoisotopic (exact) mass is 349 g/mol. The molecule has 2 saturated heterocycles. The van der Waals surface area contributed by atoms with Crippen molar-refractivity contribution in [3.63, 3.8) is 0 Å². The Morgan fingerprint density at radius 3 is 2.88 bits per heavy atom. The van der Waals surface area contributed by atoms with Crippen LogP contribution in [0.2, 0.25) is 0 Å². The van der Waals surface area contributed by atoms with Gasteiger partial charge < -0.3 is 19.9 Å². The van der Waals surface area contributed by atoms with Gasteiger partial charge in [-0.2, -0.15) is 0 Å². The number of halogens is 1. The van der Waals surface area contributed by atoms with Gasteiger partial charge in [0.2, 0.25) is 11.8 Å². The Labute approximate surface area is 144 Å². The van der Waals surface area contributed by atoms with Crippen molar-refractivity contribution in [2.45, 2.75) is 18.9 Å². The molecule has 0 aromatic heterocycles. The Balaban J connectivity index is 1.70. The second kappa shape index (κ2) is 6.79. The summed E-state index contributed by atoms with van der Waals surface area (Å²) in [6.45, 7) is 2.28. The van der Waals surface area contributed by atoms with E-state index in [4.69, 9.17) is 4.74 Å². The van der Waals surface area contributed by atoms with Crippen LogP contribution in [0.3, 0.4) is 0 Å². The van der Waals surface area contributed by atoms with Gasteiger partial charge in [0.25, 0.3) is 5.91 Å². The summed E-state index contributed by atoms with van der Waals surface area (Å²) in [5.41, 5.74) is -0.178. The van der Waals surface area contributed by atoms with Crippen LogP contribution in [-0.4, -0.2) is 61.0 Å². The van der Waals surface area contributed by atoms with Crippen molar-refractivity contribution in [1.82, 2.24) is 10.2 Å². The molecule has 1 spiro atoms.